The van der Waals surface area contributed by atoms with Gasteiger partial charge in [-0.15, -0.1) is 0 Å². The third-order valence-corrected chi connectivity index (χ3v) is 5.09. The van der Waals surface area contributed by atoms with E-state index >= 15 is 0 Å². The van der Waals surface area contributed by atoms with Gasteiger partial charge in [-0.25, -0.2) is 15.3 Å². The number of hydrogen-bond donors (Lipinski definition) is 2. The summed E-state index contributed by atoms with van der Waals surface area (Å²) in [5, 5.41) is 1.20. The Kier molecular flexibility index (Phi) is 2.29. The highest BCUT2D eigenvalue weighted by molar-refractivity contribution is 6.01. The predicted molar refractivity (Wildman–Crippen MR) is 81.0 cm³/mol. The fourth-order valence-corrected chi connectivity index (χ4v) is 3.92. The van der Waals surface area contributed by atoms with Gasteiger partial charge in [-0.2, -0.15) is 0 Å². The number of nitrogens with one attached hydrogen (secondary N) is 2. The van der Waals surface area contributed by atoms with E-state index in [2.05, 4.69) is 39.6 Å². The first-order chi connectivity index (χ1) is 10.3. The monoisotopic (exact) mass is 282 g/mol. The molecule has 1 atom stereocenters. The van der Waals surface area contributed by atoms with E-state index in [0.717, 1.165) is 23.6 Å². The van der Waals surface area contributed by atoms with Gasteiger partial charge in [0.25, 0.3) is 0 Å². The molecule has 3 fully saturated rings. The fraction of sp³-hybridized carbons (Fsp3) is 0.438. The number of para-hydroxylation sites is 1. The van der Waals surface area contributed by atoms with E-state index in [1.54, 1.807) is 0 Å². The van der Waals surface area contributed by atoms with Crippen molar-refractivity contribution < 1.29 is 4.84 Å². The largest absolute Gasteiger partial charge is 0.352 e. The number of hydroxylamine groups is 1. The number of nitrogens with zero attached hydrogens (tertiary/aromatic N) is 2. The van der Waals surface area contributed by atoms with Crippen molar-refractivity contribution in [3.8, 4) is 0 Å². The lowest BCUT2D eigenvalue weighted by Crippen LogP contribution is -2.58. The summed E-state index contributed by atoms with van der Waals surface area (Å²) in [6.07, 6.45) is 2.37. The second-order valence-corrected chi connectivity index (χ2v) is 6.33. The summed E-state index contributed by atoms with van der Waals surface area (Å²) in [6.45, 7) is 3.29. The zero-order chi connectivity index (χ0) is 13.9. The lowest BCUT2D eigenvalue weighted by atomic mass is 9.81. The maximum atomic E-state index is 5.96. The van der Waals surface area contributed by atoms with Gasteiger partial charge in [0.15, 0.2) is 5.84 Å². The van der Waals surface area contributed by atoms with Crippen molar-refractivity contribution in [1.29, 1.82) is 0 Å². The average molecular weight is 282 g/mol. The summed E-state index contributed by atoms with van der Waals surface area (Å²) in [5.41, 5.74) is 4.83. The van der Waals surface area contributed by atoms with Crippen molar-refractivity contribution in [3.05, 3.63) is 36.0 Å². The number of aromatic amines is 1. The SMILES string of the molecule is c1ccc2[nH]c(C3=N[C@]4(CN5CCC4CC5)ON3)cc2c1. The topological polar surface area (TPSA) is 52.7 Å². The first kappa shape index (κ1) is 11.8. The summed E-state index contributed by atoms with van der Waals surface area (Å²) >= 11 is 0. The van der Waals surface area contributed by atoms with Crippen molar-refractivity contribution in [2.45, 2.75) is 18.6 Å². The van der Waals surface area contributed by atoms with Crippen LogP contribution >= 0.6 is 0 Å². The average Bonchev–Trinajstić information content (AvgIpc) is 3.13. The molecule has 0 unspecified atom stereocenters. The molecule has 0 saturated carbocycles. The molecule has 4 aliphatic rings. The van der Waals surface area contributed by atoms with Crippen molar-refractivity contribution in [3.63, 3.8) is 0 Å². The third-order valence-electron chi connectivity index (χ3n) is 5.09. The van der Waals surface area contributed by atoms with Crippen LogP contribution in [0.1, 0.15) is 18.5 Å². The molecule has 3 saturated heterocycles. The molecule has 1 aromatic carbocycles. The van der Waals surface area contributed by atoms with E-state index in [4.69, 9.17) is 9.83 Å². The number of amidine groups is 1. The standard InChI is InChI=1S/C16H18N4O/c1-2-4-13-11(3-1)9-14(17-13)15-18-16(21-19-15)10-20-7-5-12(16)6-8-20/h1-4,9,12,17H,5-8,10H2,(H,18,19)/t16-/m1/s1. The van der Waals surface area contributed by atoms with Gasteiger partial charge in [-0.1, -0.05) is 18.2 Å². The lowest BCUT2D eigenvalue weighted by Gasteiger charge is -2.47. The molecule has 108 valence electrons. The maximum absolute atomic E-state index is 5.96. The minimum absolute atomic E-state index is 0.372. The van der Waals surface area contributed by atoms with Crippen molar-refractivity contribution in [1.82, 2.24) is 15.4 Å². The van der Waals surface area contributed by atoms with Crippen LogP contribution in [0, 0.1) is 5.92 Å². The molecule has 1 aromatic heterocycles. The molecule has 0 radical (unpaired) electrons. The second-order valence-electron chi connectivity index (χ2n) is 6.33. The molecule has 6 rings (SSSR count). The van der Waals surface area contributed by atoms with E-state index in [1.165, 1.54) is 31.3 Å². The van der Waals surface area contributed by atoms with Crippen LogP contribution < -0.4 is 5.48 Å². The molecule has 21 heavy (non-hydrogen) atoms. The van der Waals surface area contributed by atoms with E-state index < -0.39 is 0 Å². The quantitative estimate of drug-likeness (QED) is 0.839. The van der Waals surface area contributed by atoms with Crippen LogP contribution in [-0.2, 0) is 4.84 Å². The first-order valence-electron chi connectivity index (χ1n) is 7.67. The summed E-state index contributed by atoms with van der Waals surface area (Å²) in [6, 6.07) is 10.4. The first-order valence-corrected chi connectivity index (χ1v) is 7.67. The minimum atomic E-state index is -0.372. The van der Waals surface area contributed by atoms with Crippen LogP contribution in [0.2, 0.25) is 0 Å². The van der Waals surface area contributed by atoms with Gasteiger partial charge in [0.2, 0.25) is 5.72 Å². The van der Waals surface area contributed by atoms with E-state index in [1.807, 2.05) is 6.07 Å². The Labute approximate surface area is 122 Å². The molecule has 1 spiro atoms. The summed E-state index contributed by atoms with van der Waals surface area (Å²) in [5.74, 6) is 1.37. The zero-order valence-corrected chi connectivity index (χ0v) is 11.8. The van der Waals surface area contributed by atoms with Gasteiger partial charge in [-0.05, 0) is 38.1 Å². The molecular weight excluding hydrogens is 264 g/mol. The number of aromatic nitrogens is 1. The van der Waals surface area contributed by atoms with Crippen molar-refractivity contribution in [2.75, 3.05) is 19.6 Å². The third kappa shape index (κ3) is 1.68. The van der Waals surface area contributed by atoms with Crippen LogP contribution in [0.3, 0.4) is 0 Å². The van der Waals surface area contributed by atoms with E-state index in [-0.39, 0.29) is 5.72 Å². The number of piperidine rings is 3. The smallest absolute Gasteiger partial charge is 0.202 e. The Balaban J connectivity index is 1.54. The van der Waals surface area contributed by atoms with E-state index in [0.29, 0.717) is 5.92 Å². The van der Waals surface area contributed by atoms with Gasteiger partial charge in [0, 0.05) is 16.8 Å². The molecule has 2 bridgehead atoms. The fourth-order valence-electron chi connectivity index (χ4n) is 3.92. The van der Waals surface area contributed by atoms with Crippen LogP contribution in [0.15, 0.2) is 35.3 Å². The molecule has 0 amide bonds. The zero-order valence-electron chi connectivity index (χ0n) is 11.8. The molecular formula is C16H18N4O. The normalized spacial score (nSPS) is 34.4. The molecule has 0 aliphatic carbocycles. The number of fused-ring (bicyclic) bond motifs is 3. The van der Waals surface area contributed by atoms with Gasteiger partial charge >= 0.3 is 0 Å². The number of hydrogen-bond acceptors (Lipinski definition) is 4. The maximum Gasteiger partial charge on any atom is 0.202 e. The summed E-state index contributed by atoms with van der Waals surface area (Å²) in [7, 11) is 0. The van der Waals surface area contributed by atoms with E-state index in [9.17, 15) is 0 Å². The molecule has 5 heteroatoms. The Hall–Kier alpha value is -1.85. The number of benzene rings is 1. The Morgan fingerprint density at radius 2 is 2.10 bits per heavy atom. The minimum Gasteiger partial charge on any atom is -0.352 e. The number of aliphatic imine (C=N–C) groups is 1. The van der Waals surface area contributed by atoms with Gasteiger partial charge < -0.3 is 4.98 Å². The van der Waals surface area contributed by atoms with Crippen molar-refractivity contribution >= 4 is 16.7 Å². The highest BCUT2D eigenvalue weighted by Gasteiger charge is 2.51. The highest BCUT2D eigenvalue weighted by atomic mass is 16.7. The van der Waals surface area contributed by atoms with Crippen LogP contribution in [0.5, 0.6) is 0 Å². The van der Waals surface area contributed by atoms with Gasteiger partial charge in [0.1, 0.15) is 0 Å². The summed E-state index contributed by atoms with van der Waals surface area (Å²) in [4.78, 5) is 16.8. The van der Waals surface area contributed by atoms with Crippen LogP contribution in [0.25, 0.3) is 10.9 Å². The Bertz CT molecular complexity index is 696. The van der Waals surface area contributed by atoms with Crippen molar-refractivity contribution in [2.24, 2.45) is 10.9 Å². The van der Waals surface area contributed by atoms with Crippen LogP contribution in [0.4, 0.5) is 0 Å². The molecule has 5 heterocycles. The second kappa shape index (κ2) is 4.08. The summed E-state index contributed by atoms with van der Waals surface area (Å²) < 4.78 is 0. The van der Waals surface area contributed by atoms with Gasteiger partial charge in [0.05, 0.1) is 12.2 Å². The Morgan fingerprint density at radius 3 is 2.86 bits per heavy atom. The molecule has 2 aromatic rings. The van der Waals surface area contributed by atoms with Gasteiger partial charge in [-0.3, -0.25) is 4.90 Å². The highest BCUT2D eigenvalue weighted by Crippen LogP contribution is 2.40. The molecule has 2 N–H and O–H groups in total. The molecule has 5 nitrogen and oxygen atoms in total. The number of H-pyrrole nitrogens is 1. The number of rotatable bonds is 1. The Morgan fingerprint density at radius 1 is 1.24 bits per heavy atom. The van der Waals surface area contributed by atoms with Crippen LogP contribution in [-0.4, -0.2) is 41.1 Å². The predicted octanol–water partition coefficient (Wildman–Crippen LogP) is 1.87. The lowest BCUT2D eigenvalue weighted by molar-refractivity contribution is -0.155. The molecule has 4 aliphatic heterocycles.